The Labute approximate surface area is 158 Å². The Kier molecular flexibility index (Phi) is 5.68. The van der Waals surface area contributed by atoms with E-state index in [1.165, 1.54) is 81.3 Å². The molecule has 1 heterocycles. The van der Waals surface area contributed by atoms with E-state index in [1.54, 1.807) is 0 Å². The van der Waals surface area contributed by atoms with Crippen LogP contribution in [0, 0.1) is 0 Å². The lowest BCUT2D eigenvalue weighted by Crippen LogP contribution is -2.29. The molecule has 2 aliphatic rings. The molecular weight excluding hydrogens is 316 g/mol. The van der Waals surface area contributed by atoms with Gasteiger partial charge >= 0.3 is 0 Å². The third-order valence-corrected chi connectivity index (χ3v) is 5.95. The number of piperidine rings is 1. The van der Waals surface area contributed by atoms with Gasteiger partial charge in [-0.3, -0.25) is 4.99 Å². The Morgan fingerprint density at radius 3 is 2.08 bits per heavy atom. The van der Waals surface area contributed by atoms with Crippen LogP contribution in [0.2, 0.25) is 0 Å². The van der Waals surface area contributed by atoms with Gasteiger partial charge in [0.15, 0.2) is 0 Å². The molecule has 4 rings (SSSR count). The van der Waals surface area contributed by atoms with E-state index >= 15 is 0 Å². The minimum absolute atomic E-state index is 0.768. The van der Waals surface area contributed by atoms with E-state index in [-0.39, 0.29) is 0 Å². The number of rotatable bonds is 4. The molecule has 0 N–H and O–H groups in total. The molecule has 1 saturated heterocycles. The van der Waals surface area contributed by atoms with Crippen LogP contribution in [0.15, 0.2) is 53.5 Å². The highest BCUT2D eigenvalue weighted by Crippen LogP contribution is 2.33. The van der Waals surface area contributed by atoms with E-state index < -0.39 is 0 Å². The maximum absolute atomic E-state index is 4.67. The number of benzene rings is 2. The molecule has 0 radical (unpaired) electrons. The van der Waals surface area contributed by atoms with Gasteiger partial charge in [0.1, 0.15) is 0 Å². The van der Waals surface area contributed by atoms with E-state index in [0.717, 1.165) is 11.6 Å². The van der Waals surface area contributed by atoms with Gasteiger partial charge < -0.3 is 4.90 Å². The van der Waals surface area contributed by atoms with Gasteiger partial charge in [0, 0.05) is 25.0 Å². The third-order valence-electron chi connectivity index (χ3n) is 5.95. The van der Waals surface area contributed by atoms with Crippen LogP contribution < -0.4 is 4.90 Å². The van der Waals surface area contributed by atoms with Crippen LogP contribution in [0.5, 0.6) is 0 Å². The summed E-state index contributed by atoms with van der Waals surface area (Å²) >= 11 is 0. The predicted molar refractivity (Wildman–Crippen MR) is 112 cm³/mol. The van der Waals surface area contributed by atoms with Gasteiger partial charge in [-0.1, -0.05) is 43.5 Å². The molecule has 0 spiro atoms. The van der Waals surface area contributed by atoms with Gasteiger partial charge in [0.05, 0.1) is 5.69 Å². The number of hydrogen-bond donors (Lipinski definition) is 0. The standard InChI is InChI=1S/C24H30N2/c1-3-7-21(8-4-1)22-11-13-23(14-12-22)25-19-20-9-15-24(16-10-20)26-17-5-2-6-18-26/h9-16,19,21H,1-8,17-18H2. The molecule has 2 aromatic rings. The van der Waals surface area contributed by atoms with Crippen molar-refractivity contribution in [3.8, 4) is 0 Å². The van der Waals surface area contributed by atoms with Gasteiger partial charge in [-0.2, -0.15) is 0 Å². The fourth-order valence-electron chi connectivity index (χ4n) is 4.34. The van der Waals surface area contributed by atoms with E-state index in [9.17, 15) is 0 Å². The first kappa shape index (κ1) is 17.3. The molecule has 1 aliphatic heterocycles. The van der Waals surface area contributed by atoms with Crippen molar-refractivity contribution < 1.29 is 0 Å². The van der Waals surface area contributed by atoms with Crippen molar-refractivity contribution in [1.82, 2.24) is 0 Å². The number of aliphatic imine (C=N–C) groups is 1. The highest BCUT2D eigenvalue weighted by atomic mass is 15.1. The van der Waals surface area contributed by atoms with Crippen molar-refractivity contribution in [1.29, 1.82) is 0 Å². The molecule has 2 nitrogen and oxygen atoms in total. The van der Waals surface area contributed by atoms with E-state index in [2.05, 4.69) is 58.4 Å². The van der Waals surface area contributed by atoms with E-state index in [1.807, 2.05) is 6.21 Å². The summed E-state index contributed by atoms with van der Waals surface area (Å²) in [5.74, 6) is 0.768. The molecular formula is C24H30N2. The van der Waals surface area contributed by atoms with E-state index in [0.29, 0.717) is 0 Å². The summed E-state index contributed by atoms with van der Waals surface area (Å²) in [7, 11) is 0. The normalized spacial score (nSPS) is 19.2. The SMILES string of the molecule is C(=Nc1ccc(C2CCCCC2)cc1)c1ccc(N2CCCCC2)cc1. The molecule has 0 atom stereocenters. The van der Waals surface area contributed by atoms with Crippen molar-refractivity contribution in [2.45, 2.75) is 57.3 Å². The maximum Gasteiger partial charge on any atom is 0.0630 e. The van der Waals surface area contributed by atoms with E-state index in [4.69, 9.17) is 0 Å². The fourth-order valence-corrected chi connectivity index (χ4v) is 4.34. The Hall–Kier alpha value is -2.09. The van der Waals surface area contributed by atoms with Crippen molar-refractivity contribution in [2.75, 3.05) is 18.0 Å². The molecule has 136 valence electrons. The summed E-state index contributed by atoms with van der Waals surface area (Å²) in [5, 5.41) is 0. The highest BCUT2D eigenvalue weighted by Gasteiger charge is 2.15. The van der Waals surface area contributed by atoms with Crippen molar-refractivity contribution in [2.24, 2.45) is 4.99 Å². The van der Waals surface area contributed by atoms with Crippen LogP contribution in [0.1, 0.15) is 68.4 Å². The number of hydrogen-bond acceptors (Lipinski definition) is 2. The average molecular weight is 347 g/mol. The molecule has 0 aromatic heterocycles. The number of anilines is 1. The molecule has 1 saturated carbocycles. The summed E-state index contributed by atoms with van der Waals surface area (Å²) in [6, 6.07) is 17.7. The lowest BCUT2D eigenvalue weighted by molar-refractivity contribution is 0.443. The van der Waals surface area contributed by atoms with Gasteiger partial charge in [-0.25, -0.2) is 0 Å². The van der Waals surface area contributed by atoms with Crippen molar-refractivity contribution in [3.05, 3.63) is 59.7 Å². The largest absolute Gasteiger partial charge is 0.372 e. The molecule has 26 heavy (non-hydrogen) atoms. The Morgan fingerprint density at radius 1 is 0.731 bits per heavy atom. The summed E-state index contributed by atoms with van der Waals surface area (Å²) in [4.78, 5) is 7.16. The topological polar surface area (TPSA) is 15.6 Å². The van der Waals surface area contributed by atoms with Crippen LogP contribution in [0.4, 0.5) is 11.4 Å². The first-order chi connectivity index (χ1) is 12.9. The zero-order valence-electron chi connectivity index (χ0n) is 15.7. The smallest absolute Gasteiger partial charge is 0.0630 e. The molecule has 2 heteroatoms. The molecule has 2 fully saturated rings. The summed E-state index contributed by atoms with van der Waals surface area (Å²) in [6.07, 6.45) is 12.9. The Morgan fingerprint density at radius 2 is 1.38 bits per heavy atom. The quantitative estimate of drug-likeness (QED) is 0.579. The van der Waals surface area contributed by atoms with Crippen LogP contribution in [0.25, 0.3) is 0 Å². The van der Waals surface area contributed by atoms with Gasteiger partial charge in [-0.15, -0.1) is 0 Å². The number of nitrogens with zero attached hydrogens (tertiary/aromatic N) is 2. The van der Waals surface area contributed by atoms with Gasteiger partial charge in [0.2, 0.25) is 0 Å². The zero-order valence-corrected chi connectivity index (χ0v) is 15.7. The third kappa shape index (κ3) is 4.35. The minimum atomic E-state index is 0.768. The van der Waals surface area contributed by atoms with Gasteiger partial charge in [0.25, 0.3) is 0 Å². The zero-order chi connectivity index (χ0) is 17.6. The molecule has 0 unspecified atom stereocenters. The Bertz CT molecular complexity index is 639. The second-order valence-electron chi connectivity index (χ2n) is 7.82. The van der Waals surface area contributed by atoms with Crippen molar-refractivity contribution >= 4 is 17.6 Å². The average Bonchev–Trinajstić information content (AvgIpc) is 2.74. The highest BCUT2D eigenvalue weighted by molar-refractivity contribution is 5.82. The predicted octanol–water partition coefficient (Wildman–Crippen LogP) is 6.48. The molecule has 0 bridgehead atoms. The van der Waals surface area contributed by atoms with Crippen LogP contribution in [-0.2, 0) is 0 Å². The first-order valence-corrected chi connectivity index (χ1v) is 10.4. The van der Waals surface area contributed by atoms with Crippen molar-refractivity contribution in [3.63, 3.8) is 0 Å². The summed E-state index contributed by atoms with van der Waals surface area (Å²) < 4.78 is 0. The first-order valence-electron chi connectivity index (χ1n) is 10.4. The molecule has 1 aliphatic carbocycles. The van der Waals surface area contributed by atoms with Crippen LogP contribution >= 0.6 is 0 Å². The fraction of sp³-hybridized carbons (Fsp3) is 0.458. The molecule has 0 amide bonds. The second kappa shape index (κ2) is 8.53. The summed E-state index contributed by atoms with van der Waals surface area (Å²) in [5.41, 5.74) is 5.06. The second-order valence-corrected chi connectivity index (χ2v) is 7.82. The lowest BCUT2D eigenvalue weighted by atomic mass is 9.84. The monoisotopic (exact) mass is 346 g/mol. The minimum Gasteiger partial charge on any atom is -0.372 e. The van der Waals surface area contributed by atoms with Gasteiger partial charge in [-0.05, 0) is 73.4 Å². The lowest BCUT2D eigenvalue weighted by Gasteiger charge is -2.28. The van der Waals surface area contributed by atoms with Crippen LogP contribution in [-0.4, -0.2) is 19.3 Å². The maximum atomic E-state index is 4.67. The van der Waals surface area contributed by atoms with Crippen LogP contribution in [0.3, 0.4) is 0 Å². The Balaban J connectivity index is 1.37. The molecule has 2 aromatic carbocycles. The summed E-state index contributed by atoms with van der Waals surface area (Å²) in [6.45, 7) is 2.39.